The molecular formula is C26H28N4O6S. The predicted molar refractivity (Wildman–Crippen MR) is 139 cm³/mol. The number of carbonyl (C=O) groups excluding carboxylic acids is 1. The summed E-state index contributed by atoms with van der Waals surface area (Å²) in [5, 5.41) is 14.8. The number of thioether (sulfide) groups is 1. The number of fused-ring (bicyclic) bond motifs is 1. The Hall–Kier alpha value is -3.28. The number of nitro groups is 1. The number of aromatic nitrogens is 2. The van der Waals surface area contributed by atoms with Crippen molar-refractivity contribution in [2.45, 2.75) is 55.3 Å². The Kier molecular flexibility index (Phi) is 7.82. The van der Waals surface area contributed by atoms with Crippen LogP contribution in [-0.2, 0) is 21.8 Å². The molecule has 2 aromatic carbocycles. The molecule has 0 radical (unpaired) electrons. The molecule has 2 aliphatic rings. The van der Waals surface area contributed by atoms with Gasteiger partial charge in [-0.1, -0.05) is 23.9 Å². The van der Waals surface area contributed by atoms with Crippen molar-refractivity contribution in [1.82, 2.24) is 14.9 Å². The van der Waals surface area contributed by atoms with Crippen LogP contribution in [0.15, 0.2) is 52.4 Å². The van der Waals surface area contributed by atoms with E-state index >= 15 is 0 Å². The highest BCUT2D eigenvalue weighted by Gasteiger charge is 2.22. The first-order valence-corrected chi connectivity index (χ1v) is 13.4. The van der Waals surface area contributed by atoms with Gasteiger partial charge in [0.25, 0.3) is 17.2 Å². The molecule has 0 saturated carbocycles. The number of hydrogen-bond acceptors (Lipinski definition) is 8. The molecule has 10 nitrogen and oxygen atoms in total. The second-order valence-electron chi connectivity index (χ2n) is 9.23. The molecule has 2 aliphatic heterocycles. The number of carbonyl (C=O) groups is 1. The van der Waals surface area contributed by atoms with Crippen molar-refractivity contribution < 1.29 is 19.2 Å². The topological polar surface area (TPSA) is 126 Å². The third-order valence-electron chi connectivity index (χ3n) is 6.62. The van der Waals surface area contributed by atoms with Gasteiger partial charge in [0.15, 0.2) is 5.16 Å². The summed E-state index contributed by atoms with van der Waals surface area (Å²) >= 11 is 1.38. The minimum atomic E-state index is -0.435. The lowest BCUT2D eigenvalue weighted by Crippen LogP contribution is -2.32. The molecule has 1 amide bonds. The summed E-state index contributed by atoms with van der Waals surface area (Å²) in [6.07, 6.45) is 3.74. The number of nitrogens with zero attached hydrogens (tertiary/aromatic N) is 3. The number of nitro benzene ring substituents is 1. The van der Waals surface area contributed by atoms with Gasteiger partial charge in [0.05, 0.1) is 34.6 Å². The summed E-state index contributed by atoms with van der Waals surface area (Å²) in [5.74, 6) is 0.242. The van der Waals surface area contributed by atoms with Crippen LogP contribution in [0.4, 0.5) is 5.69 Å². The molecule has 11 heteroatoms. The first kappa shape index (κ1) is 25.4. The van der Waals surface area contributed by atoms with Crippen LogP contribution in [-0.4, -0.2) is 52.3 Å². The first-order chi connectivity index (χ1) is 18.0. The van der Waals surface area contributed by atoms with E-state index in [1.165, 1.54) is 23.9 Å². The number of hydrogen-bond donors (Lipinski definition) is 1. The average Bonchev–Trinajstić information content (AvgIpc) is 3.62. The van der Waals surface area contributed by atoms with E-state index in [1.54, 1.807) is 34.9 Å². The summed E-state index contributed by atoms with van der Waals surface area (Å²) < 4.78 is 13.0. The van der Waals surface area contributed by atoms with Crippen LogP contribution in [0.25, 0.3) is 10.9 Å². The van der Waals surface area contributed by atoms with Crippen molar-refractivity contribution in [2.75, 3.05) is 19.8 Å². The average molecular weight is 525 g/mol. The van der Waals surface area contributed by atoms with Gasteiger partial charge in [-0.15, -0.1) is 0 Å². The molecule has 0 unspecified atom stereocenters. The highest BCUT2D eigenvalue weighted by Crippen LogP contribution is 2.25. The number of non-ortho nitro benzene ring substituents is 1. The summed E-state index contributed by atoms with van der Waals surface area (Å²) in [5.41, 5.74) is 1.59. The van der Waals surface area contributed by atoms with Gasteiger partial charge in [-0.3, -0.25) is 24.3 Å². The number of benzene rings is 2. The van der Waals surface area contributed by atoms with Crippen LogP contribution >= 0.6 is 11.8 Å². The summed E-state index contributed by atoms with van der Waals surface area (Å²) in [4.78, 5) is 41.6. The normalized spacial score (nSPS) is 19.4. The van der Waals surface area contributed by atoms with Crippen LogP contribution in [0, 0.1) is 10.1 Å². The van der Waals surface area contributed by atoms with Crippen LogP contribution < -0.4 is 10.9 Å². The Morgan fingerprint density at radius 2 is 1.84 bits per heavy atom. The first-order valence-electron chi connectivity index (χ1n) is 12.4. The minimum Gasteiger partial charge on any atom is -0.376 e. The molecule has 5 rings (SSSR count). The van der Waals surface area contributed by atoms with E-state index in [-0.39, 0.29) is 29.4 Å². The number of ether oxygens (including phenoxy) is 2. The quantitative estimate of drug-likeness (QED) is 0.194. The zero-order valence-electron chi connectivity index (χ0n) is 20.3. The van der Waals surface area contributed by atoms with E-state index in [0.717, 1.165) is 37.9 Å². The standard InChI is InChI=1S/C26H28N4O6S/c31-24(27-14-20-3-1-11-35-20)18-7-10-22-23(13-18)28-26(29(25(22)32)15-21-4-2-12-36-21)37-16-17-5-8-19(9-6-17)30(33)34/h5-10,13,20-21H,1-4,11-12,14-16H2,(H,27,31)/t20-,21+/m0/s1. The smallest absolute Gasteiger partial charge is 0.269 e. The van der Waals surface area contributed by atoms with Crippen LogP contribution in [0.3, 0.4) is 0 Å². The zero-order valence-corrected chi connectivity index (χ0v) is 21.1. The lowest BCUT2D eigenvalue weighted by molar-refractivity contribution is -0.384. The largest absolute Gasteiger partial charge is 0.376 e. The maximum absolute atomic E-state index is 13.5. The minimum absolute atomic E-state index is 0.0261. The Morgan fingerprint density at radius 1 is 1.11 bits per heavy atom. The van der Waals surface area contributed by atoms with Crippen molar-refractivity contribution >= 4 is 34.3 Å². The highest BCUT2D eigenvalue weighted by atomic mass is 32.2. The molecular weight excluding hydrogens is 496 g/mol. The van der Waals surface area contributed by atoms with E-state index in [1.807, 2.05) is 0 Å². The lowest BCUT2D eigenvalue weighted by Gasteiger charge is -2.17. The van der Waals surface area contributed by atoms with E-state index in [0.29, 0.717) is 47.1 Å². The summed E-state index contributed by atoms with van der Waals surface area (Å²) in [6.45, 7) is 2.24. The lowest BCUT2D eigenvalue weighted by atomic mass is 10.1. The van der Waals surface area contributed by atoms with E-state index in [4.69, 9.17) is 14.5 Å². The second-order valence-corrected chi connectivity index (χ2v) is 10.2. The molecule has 0 bridgehead atoms. The highest BCUT2D eigenvalue weighted by molar-refractivity contribution is 7.98. The fraction of sp³-hybridized carbons (Fsp3) is 0.423. The molecule has 2 saturated heterocycles. The summed E-state index contributed by atoms with van der Waals surface area (Å²) in [6, 6.07) is 11.3. The third-order valence-corrected chi connectivity index (χ3v) is 7.67. The van der Waals surface area contributed by atoms with Gasteiger partial charge in [0, 0.05) is 43.2 Å². The summed E-state index contributed by atoms with van der Waals surface area (Å²) in [7, 11) is 0. The molecule has 0 aliphatic carbocycles. The number of rotatable bonds is 9. The van der Waals surface area contributed by atoms with Gasteiger partial charge < -0.3 is 14.8 Å². The molecule has 2 fully saturated rings. The van der Waals surface area contributed by atoms with E-state index < -0.39 is 4.92 Å². The molecule has 0 spiro atoms. The molecule has 3 aromatic rings. The van der Waals surface area contributed by atoms with Gasteiger partial charge in [0.1, 0.15) is 0 Å². The van der Waals surface area contributed by atoms with Crippen LogP contribution in [0.5, 0.6) is 0 Å². The van der Waals surface area contributed by atoms with Crippen molar-refractivity contribution in [3.63, 3.8) is 0 Å². The van der Waals surface area contributed by atoms with E-state index in [9.17, 15) is 19.7 Å². The number of nitrogens with one attached hydrogen (secondary N) is 1. The van der Waals surface area contributed by atoms with Crippen LogP contribution in [0.2, 0.25) is 0 Å². The maximum atomic E-state index is 13.5. The van der Waals surface area contributed by atoms with Crippen molar-refractivity contribution in [3.8, 4) is 0 Å². The molecule has 37 heavy (non-hydrogen) atoms. The van der Waals surface area contributed by atoms with Gasteiger partial charge in [-0.05, 0) is 49.4 Å². The van der Waals surface area contributed by atoms with Gasteiger partial charge >= 0.3 is 0 Å². The Bertz CT molecular complexity index is 1350. The monoisotopic (exact) mass is 524 g/mol. The molecule has 1 aromatic heterocycles. The Balaban J connectivity index is 1.41. The van der Waals surface area contributed by atoms with Crippen molar-refractivity contribution in [3.05, 3.63) is 74.1 Å². The fourth-order valence-corrected chi connectivity index (χ4v) is 5.55. The van der Waals surface area contributed by atoms with Crippen molar-refractivity contribution in [1.29, 1.82) is 0 Å². The fourth-order valence-electron chi connectivity index (χ4n) is 4.58. The Morgan fingerprint density at radius 3 is 2.51 bits per heavy atom. The maximum Gasteiger partial charge on any atom is 0.269 e. The van der Waals surface area contributed by atoms with Gasteiger partial charge in [-0.25, -0.2) is 4.98 Å². The van der Waals surface area contributed by atoms with Gasteiger partial charge in [-0.2, -0.15) is 0 Å². The van der Waals surface area contributed by atoms with Crippen molar-refractivity contribution in [2.24, 2.45) is 0 Å². The SMILES string of the molecule is O=C(NC[C@@H]1CCCO1)c1ccc2c(=O)n(C[C@H]3CCCO3)c(SCc3ccc([N+](=O)[O-])cc3)nc2c1. The molecule has 194 valence electrons. The zero-order chi connectivity index (χ0) is 25.8. The predicted octanol–water partition coefficient (Wildman–Crippen LogP) is 3.68. The molecule has 2 atom stereocenters. The second kappa shape index (κ2) is 11.4. The Labute approximate surface area is 217 Å². The molecule has 1 N–H and O–H groups in total. The van der Waals surface area contributed by atoms with E-state index in [2.05, 4.69) is 5.32 Å². The third kappa shape index (κ3) is 6.00. The van der Waals surface area contributed by atoms with Crippen LogP contribution in [0.1, 0.15) is 41.6 Å². The molecule has 3 heterocycles. The van der Waals surface area contributed by atoms with Gasteiger partial charge in [0.2, 0.25) is 0 Å². The number of amides is 1.